The fourth-order valence-corrected chi connectivity index (χ4v) is 6.16. The Bertz CT molecular complexity index is 1640. The minimum Gasteiger partial charge on any atom is -0.396 e. The lowest BCUT2D eigenvalue weighted by molar-refractivity contribution is -0.136. The minimum atomic E-state index is -2.72. The lowest BCUT2D eigenvalue weighted by atomic mass is 10.0. The zero-order valence-electron chi connectivity index (χ0n) is 25.1. The number of halogens is 2. The van der Waals surface area contributed by atoms with Gasteiger partial charge in [0.15, 0.2) is 5.69 Å². The molecule has 0 radical (unpaired) electrons. The Labute approximate surface area is 263 Å². The number of carbonyl (C=O) groups is 4. The fraction of sp³-hybridized carbons (Fsp3) is 0.406. The van der Waals surface area contributed by atoms with Gasteiger partial charge in [-0.1, -0.05) is 18.2 Å². The molecular formula is C32H35F2N7O5. The maximum atomic E-state index is 13.2. The van der Waals surface area contributed by atoms with E-state index in [0.29, 0.717) is 30.9 Å². The number of hydrogen-bond donors (Lipinski definition) is 3. The molecule has 46 heavy (non-hydrogen) atoms. The Kier molecular flexibility index (Phi) is 9.08. The number of nitrogens with one attached hydrogen (secondary N) is 2. The van der Waals surface area contributed by atoms with E-state index in [-0.39, 0.29) is 35.8 Å². The number of aromatic nitrogens is 2. The third kappa shape index (κ3) is 6.49. The van der Waals surface area contributed by atoms with Crippen molar-refractivity contribution in [2.24, 2.45) is 0 Å². The molecule has 6 rings (SSSR count). The summed E-state index contributed by atoms with van der Waals surface area (Å²) in [5, 5.41) is 9.35. The number of piperidine rings is 2. The highest BCUT2D eigenvalue weighted by atomic mass is 19.3. The summed E-state index contributed by atoms with van der Waals surface area (Å²) in [6, 6.07) is 11.6. The highest BCUT2D eigenvalue weighted by Crippen LogP contribution is 2.32. The largest absolute Gasteiger partial charge is 0.396 e. The van der Waals surface area contributed by atoms with E-state index in [1.54, 1.807) is 18.2 Å². The monoisotopic (exact) mass is 635 g/mol. The summed E-state index contributed by atoms with van der Waals surface area (Å²) in [4.78, 5) is 53.4. The molecule has 2 saturated heterocycles. The lowest BCUT2D eigenvalue weighted by Gasteiger charge is -2.32. The predicted molar refractivity (Wildman–Crippen MR) is 163 cm³/mol. The van der Waals surface area contributed by atoms with Crippen molar-refractivity contribution in [1.29, 1.82) is 0 Å². The molecule has 3 aliphatic rings. The van der Waals surface area contributed by atoms with Crippen LogP contribution in [0.1, 0.15) is 70.5 Å². The van der Waals surface area contributed by atoms with E-state index in [2.05, 4.69) is 20.6 Å². The fourth-order valence-electron chi connectivity index (χ4n) is 6.16. The predicted octanol–water partition coefficient (Wildman–Crippen LogP) is 3.28. The second kappa shape index (κ2) is 13.3. The van der Waals surface area contributed by atoms with Gasteiger partial charge in [0.25, 0.3) is 18.2 Å². The number of alkyl halides is 2. The molecule has 242 valence electrons. The van der Waals surface area contributed by atoms with Gasteiger partial charge in [0.05, 0.1) is 34.8 Å². The first-order valence-electron chi connectivity index (χ1n) is 15.3. The van der Waals surface area contributed by atoms with Gasteiger partial charge in [-0.05, 0) is 55.5 Å². The first-order chi connectivity index (χ1) is 22.2. The number of imide groups is 2. The molecule has 3 aliphatic heterocycles. The van der Waals surface area contributed by atoms with Gasteiger partial charge in [0, 0.05) is 44.9 Å². The number of anilines is 2. The van der Waals surface area contributed by atoms with E-state index in [1.807, 2.05) is 24.3 Å². The number of nitrogens with zero attached hydrogens (tertiary/aromatic N) is 4. The number of fused-ring (bicyclic) bond motifs is 1. The van der Waals surface area contributed by atoms with Crippen LogP contribution in [-0.4, -0.2) is 81.6 Å². The summed E-state index contributed by atoms with van der Waals surface area (Å²) in [5.41, 5.74) is 7.98. The zero-order chi connectivity index (χ0) is 32.4. The maximum Gasteiger partial charge on any atom is 0.284 e. The Morgan fingerprint density at radius 2 is 1.78 bits per heavy atom. The van der Waals surface area contributed by atoms with Gasteiger partial charge >= 0.3 is 0 Å². The van der Waals surface area contributed by atoms with Gasteiger partial charge in [-0.2, -0.15) is 5.10 Å². The van der Waals surface area contributed by atoms with Crippen LogP contribution in [0.25, 0.3) is 5.69 Å². The summed E-state index contributed by atoms with van der Waals surface area (Å²) in [5.74, 6) is -2.12. The van der Waals surface area contributed by atoms with Crippen molar-refractivity contribution in [3.05, 3.63) is 71.0 Å². The van der Waals surface area contributed by atoms with E-state index in [1.165, 1.54) is 10.9 Å². The number of likely N-dealkylation sites (tertiary alicyclic amines) is 1. The average molecular weight is 636 g/mol. The maximum absolute atomic E-state index is 13.2. The number of carbonyl (C=O) groups excluding carboxylic acids is 4. The molecule has 4 N–H and O–H groups in total. The molecule has 0 spiro atoms. The van der Waals surface area contributed by atoms with Crippen LogP contribution in [-0.2, 0) is 20.9 Å². The first-order valence-corrected chi connectivity index (χ1v) is 15.3. The van der Waals surface area contributed by atoms with Gasteiger partial charge in [0.1, 0.15) is 6.04 Å². The molecule has 4 heterocycles. The summed E-state index contributed by atoms with van der Waals surface area (Å²) in [7, 11) is 0. The molecule has 1 unspecified atom stereocenters. The van der Waals surface area contributed by atoms with Crippen LogP contribution >= 0.6 is 0 Å². The molecule has 0 saturated carbocycles. The molecule has 0 aliphatic carbocycles. The van der Waals surface area contributed by atoms with Crippen molar-refractivity contribution in [2.45, 2.75) is 57.2 Å². The normalized spacial score (nSPS) is 19.2. The molecule has 2 fully saturated rings. The van der Waals surface area contributed by atoms with Crippen LogP contribution < -0.4 is 16.4 Å². The zero-order valence-corrected chi connectivity index (χ0v) is 25.1. The van der Waals surface area contributed by atoms with Crippen LogP contribution in [0.3, 0.4) is 0 Å². The van der Waals surface area contributed by atoms with Crippen LogP contribution in [0, 0.1) is 0 Å². The molecule has 2 aromatic carbocycles. The first kappa shape index (κ1) is 31.3. The number of rotatable bonds is 11. The number of benzene rings is 2. The Hall–Kier alpha value is -4.69. The second-order valence-electron chi connectivity index (χ2n) is 11.7. The molecular weight excluding hydrogens is 600 g/mol. The van der Waals surface area contributed by atoms with Crippen LogP contribution in [0.5, 0.6) is 0 Å². The van der Waals surface area contributed by atoms with Crippen molar-refractivity contribution in [3.8, 4) is 5.69 Å². The van der Waals surface area contributed by atoms with Crippen LogP contribution in [0.4, 0.5) is 20.2 Å². The van der Waals surface area contributed by atoms with E-state index in [9.17, 15) is 28.0 Å². The Morgan fingerprint density at radius 3 is 2.48 bits per heavy atom. The summed E-state index contributed by atoms with van der Waals surface area (Å²) < 4.78 is 33.5. The van der Waals surface area contributed by atoms with Gasteiger partial charge in [0.2, 0.25) is 11.8 Å². The lowest BCUT2D eigenvalue weighted by Crippen LogP contribution is -2.54. The standard InChI is InChI=1S/C32H35F2N7O5/c33-29(34)28-23(35)18-40(38-28)20-7-5-19(6-8-20)17-39-14-11-21(12-15-39)46-16-2-13-36-24-4-1-3-22-27(24)32(45)41(31(22)44)25-9-10-26(42)37-30(25)43/h1,3-8,18,21,25,29,36H,2,9-17,35H2,(H,37,42,43). The highest BCUT2D eigenvalue weighted by Gasteiger charge is 2.45. The minimum absolute atomic E-state index is 0.0333. The van der Waals surface area contributed by atoms with E-state index in [4.69, 9.17) is 10.5 Å². The van der Waals surface area contributed by atoms with Gasteiger partial charge in [-0.3, -0.25) is 34.3 Å². The number of amides is 4. The average Bonchev–Trinajstić information content (AvgIpc) is 3.55. The summed E-state index contributed by atoms with van der Waals surface area (Å²) in [6.07, 6.45) is 1.49. The molecule has 1 atom stereocenters. The van der Waals surface area contributed by atoms with Crippen LogP contribution in [0.2, 0.25) is 0 Å². The highest BCUT2D eigenvalue weighted by molar-refractivity contribution is 6.25. The smallest absolute Gasteiger partial charge is 0.284 e. The third-order valence-corrected chi connectivity index (χ3v) is 8.58. The number of nitrogens with two attached hydrogens (primary N) is 1. The molecule has 3 aromatic rings. The third-order valence-electron chi connectivity index (χ3n) is 8.58. The van der Waals surface area contributed by atoms with Gasteiger partial charge in [-0.25, -0.2) is 13.5 Å². The quantitative estimate of drug-likeness (QED) is 0.213. The number of nitrogen functional groups attached to an aromatic ring is 1. The van der Waals surface area contributed by atoms with Crippen molar-refractivity contribution < 1.29 is 32.7 Å². The SMILES string of the molecule is Nc1cn(-c2ccc(CN3CCC(OCCCNc4cccc5c4C(=O)N(C4CCC(=O)NC4=O)C5=O)CC3)cc2)nc1C(F)F. The number of hydrogen-bond acceptors (Lipinski definition) is 9. The van der Waals surface area contributed by atoms with E-state index >= 15 is 0 Å². The van der Waals surface area contributed by atoms with Gasteiger partial charge in [-0.15, -0.1) is 0 Å². The summed E-state index contributed by atoms with van der Waals surface area (Å²) in [6.45, 7) is 3.60. The molecule has 4 amide bonds. The van der Waals surface area contributed by atoms with E-state index < -0.39 is 41.8 Å². The topological polar surface area (TPSA) is 152 Å². The Balaban J connectivity index is 0.925. The van der Waals surface area contributed by atoms with Crippen LogP contribution in [0.15, 0.2) is 48.7 Å². The molecule has 12 nitrogen and oxygen atoms in total. The molecule has 1 aromatic heterocycles. The molecule has 14 heteroatoms. The Morgan fingerprint density at radius 1 is 1.02 bits per heavy atom. The number of ether oxygens (including phenoxy) is 1. The van der Waals surface area contributed by atoms with E-state index in [0.717, 1.165) is 42.9 Å². The second-order valence-corrected chi connectivity index (χ2v) is 11.7. The molecule has 0 bridgehead atoms. The van der Waals surface area contributed by atoms with Gasteiger partial charge < -0.3 is 15.8 Å². The van der Waals surface area contributed by atoms with Crippen molar-refractivity contribution in [1.82, 2.24) is 24.9 Å². The van der Waals surface area contributed by atoms with Crippen molar-refractivity contribution in [2.75, 3.05) is 37.3 Å². The van der Waals surface area contributed by atoms with Crippen molar-refractivity contribution >= 4 is 35.0 Å². The van der Waals surface area contributed by atoms with Crippen molar-refractivity contribution in [3.63, 3.8) is 0 Å². The summed E-state index contributed by atoms with van der Waals surface area (Å²) >= 11 is 0.